The summed E-state index contributed by atoms with van der Waals surface area (Å²) in [6, 6.07) is 8.39. The predicted octanol–water partition coefficient (Wildman–Crippen LogP) is 5.77. The molecule has 0 spiro atoms. The number of fused-ring (bicyclic) bond motifs is 1. The van der Waals surface area contributed by atoms with Gasteiger partial charge in [-0.1, -0.05) is 63.4 Å². The first-order chi connectivity index (χ1) is 8.36. The topological polar surface area (TPSA) is 0 Å². The lowest BCUT2D eigenvalue weighted by atomic mass is 10.1. The van der Waals surface area contributed by atoms with Gasteiger partial charge in [0.1, 0.15) is 0 Å². The van der Waals surface area contributed by atoms with Crippen molar-refractivity contribution in [3.63, 3.8) is 0 Å². The molecule has 1 heteroatoms. The van der Waals surface area contributed by atoms with Crippen LogP contribution in [0.15, 0.2) is 49.6 Å². The molecule has 0 saturated heterocycles. The van der Waals surface area contributed by atoms with Crippen LogP contribution in [0.2, 0.25) is 0 Å². The van der Waals surface area contributed by atoms with Gasteiger partial charge < -0.3 is 0 Å². The molecule has 88 valence electrons. The van der Waals surface area contributed by atoms with E-state index in [-0.39, 0.29) is 0 Å². The Morgan fingerprint density at radius 2 is 1.82 bits per heavy atom. The number of hydrogen-bond donors (Lipinski definition) is 0. The van der Waals surface area contributed by atoms with Crippen molar-refractivity contribution in [1.29, 1.82) is 0 Å². The van der Waals surface area contributed by atoms with Gasteiger partial charge in [-0.2, -0.15) is 0 Å². The normalized spacial score (nSPS) is 10.0. The molecule has 0 bridgehead atoms. The first kappa shape index (κ1) is 13.5. The monoisotopic (exact) mass is 242 g/mol. The Bertz CT molecular complexity index is 529. The zero-order valence-electron chi connectivity index (χ0n) is 10.4. The second kappa shape index (κ2) is 6.87. The summed E-state index contributed by atoms with van der Waals surface area (Å²) in [6.45, 7) is 11.5. The summed E-state index contributed by atoms with van der Waals surface area (Å²) >= 11 is 1.78. The van der Waals surface area contributed by atoms with E-state index < -0.39 is 0 Å². The molecular formula is C16H18S. The average Bonchev–Trinajstić information content (AvgIpc) is 2.76. The van der Waals surface area contributed by atoms with Crippen LogP contribution in [0.25, 0.3) is 22.2 Å². The lowest BCUT2D eigenvalue weighted by molar-refractivity contribution is 1.50. The summed E-state index contributed by atoms with van der Waals surface area (Å²) < 4.78 is 1.30. The van der Waals surface area contributed by atoms with Crippen molar-refractivity contribution in [2.75, 3.05) is 0 Å². The Hall–Kier alpha value is -1.60. The van der Waals surface area contributed by atoms with Crippen LogP contribution in [0.5, 0.6) is 0 Å². The minimum absolute atomic E-state index is 1.22. The highest BCUT2D eigenvalue weighted by Gasteiger charge is 2.05. The maximum absolute atomic E-state index is 3.87. The second-order valence-electron chi connectivity index (χ2n) is 3.18. The molecule has 0 N–H and O–H groups in total. The smallest absolute Gasteiger partial charge is 0.0355 e. The predicted molar refractivity (Wildman–Crippen MR) is 82.5 cm³/mol. The highest BCUT2D eigenvalue weighted by atomic mass is 32.1. The van der Waals surface area contributed by atoms with Crippen LogP contribution in [0.3, 0.4) is 0 Å². The van der Waals surface area contributed by atoms with Gasteiger partial charge in [-0.15, -0.1) is 11.3 Å². The lowest BCUT2D eigenvalue weighted by Gasteiger charge is -1.91. The van der Waals surface area contributed by atoms with E-state index in [0.29, 0.717) is 0 Å². The molecule has 0 radical (unpaired) electrons. The molecule has 0 atom stereocenters. The van der Waals surface area contributed by atoms with Gasteiger partial charge in [-0.25, -0.2) is 0 Å². The van der Waals surface area contributed by atoms with E-state index in [1.54, 1.807) is 17.4 Å². The SMILES string of the molecule is C=C/C=C\c1sc2ccccc2c1C=C.CC. The average molecular weight is 242 g/mol. The Morgan fingerprint density at radius 3 is 2.47 bits per heavy atom. The standard InChI is InChI=1S/C14H12S.C2H6/c1-3-5-9-13-11(4-2)12-8-6-7-10-14(12)15-13;1-2/h3-10H,1-2H2;1-2H3/b9-5-;. The Morgan fingerprint density at radius 1 is 1.12 bits per heavy atom. The molecule has 0 saturated carbocycles. The van der Waals surface area contributed by atoms with E-state index >= 15 is 0 Å². The molecule has 0 unspecified atom stereocenters. The molecule has 2 aromatic rings. The molecule has 0 aliphatic heterocycles. The maximum atomic E-state index is 3.87. The fourth-order valence-electron chi connectivity index (χ4n) is 1.57. The van der Waals surface area contributed by atoms with E-state index in [4.69, 9.17) is 0 Å². The quantitative estimate of drug-likeness (QED) is 0.599. The molecule has 0 aliphatic rings. The molecule has 0 amide bonds. The Balaban J connectivity index is 0.000000686. The molecule has 0 fully saturated rings. The Kier molecular flexibility index (Phi) is 5.44. The molecule has 0 nitrogen and oxygen atoms in total. The van der Waals surface area contributed by atoms with Crippen LogP contribution in [-0.4, -0.2) is 0 Å². The van der Waals surface area contributed by atoms with Gasteiger partial charge in [-0.05, 0) is 17.7 Å². The van der Waals surface area contributed by atoms with Gasteiger partial charge in [0.25, 0.3) is 0 Å². The summed E-state index contributed by atoms with van der Waals surface area (Å²) in [4.78, 5) is 1.24. The van der Waals surface area contributed by atoms with Crippen molar-refractivity contribution in [3.8, 4) is 0 Å². The van der Waals surface area contributed by atoms with E-state index in [9.17, 15) is 0 Å². The summed E-state index contributed by atoms with van der Waals surface area (Å²) in [6.07, 6.45) is 7.74. The van der Waals surface area contributed by atoms with Crippen molar-refractivity contribution in [2.45, 2.75) is 13.8 Å². The van der Waals surface area contributed by atoms with Crippen molar-refractivity contribution < 1.29 is 0 Å². The van der Waals surface area contributed by atoms with Gasteiger partial charge in [0.2, 0.25) is 0 Å². The van der Waals surface area contributed by atoms with Gasteiger partial charge in [-0.3, -0.25) is 0 Å². The zero-order chi connectivity index (χ0) is 12.7. The van der Waals surface area contributed by atoms with E-state index in [0.717, 1.165) is 0 Å². The molecule has 1 aromatic heterocycles. The third-order valence-corrected chi connectivity index (χ3v) is 3.40. The van der Waals surface area contributed by atoms with Crippen LogP contribution in [0.1, 0.15) is 24.3 Å². The minimum atomic E-state index is 1.22. The highest BCUT2D eigenvalue weighted by Crippen LogP contribution is 2.32. The van der Waals surface area contributed by atoms with Gasteiger partial charge in [0.15, 0.2) is 0 Å². The summed E-state index contributed by atoms with van der Waals surface area (Å²) in [5.74, 6) is 0. The van der Waals surface area contributed by atoms with Crippen LogP contribution in [0, 0.1) is 0 Å². The molecule has 17 heavy (non-hydrogen) atoms. The van der Waals surface area contributed by atoms with Crippen LogP contribution in [0.4, 0.5) is 0 Å². The zero-order valence-corrected chi connectivity index (χ0v) is 11.3. The lowest BCUT2D eigenvalue weighted by Crippen LogP contribution is -1.70. The summed E-state index contributed by atoms with van der Waals surface area (Å²) in [5.41, 5.74) is 1.22. The first-order valence-electron chi connectivity index (χ1n) is 5.80. The number of hydrogen-bond acceptors (Lipinski definition) is 1. The summed E-state index contributed by atoms with van der Waals surface area (Å²) in [5, 5.41) is 1.28. The maximum Gasteiger partial charge on any atom is 0.0355 e. The fourth-order valence-corrected chi connectivity index (χ4v) is 2.70. The van der Waals surface area contributed by atoms with Crippen LogP contribution < -0.4 is 0 Å². The molecule has 1 aromatic carbocycles. The largest absolute Gasteiger partial charge is 0.135 e. The molecule has 0 aliphatic carbocycles. The molecule has 2 rings (SSSR count). The van der Waals surface area contributed by atoms with Gasteiger partial charge in [0.05, 0.1) is 0 Å². The van der Waals surface area contributed by atoms with Crippen molar-refractivity contribution in [1.82, 2.24) is 0 Å². The van der Waals surface area contributed by atoms with Crippen LogP contribution in [-0.2, 0) is 0 Å². The van der Waals surface area contributed by atoms with E-state index in [2.05, 4.69) is 43.5 Å². The second-order valence-corrected chi connectivity index (χ2v) is 4.26. The number of rotatable bonds is 3. The van der Waals surface area contributed by atoms with Crippen molar-refractivity contribution >= 4 is 33.6 Å². The van der Waals surface area contributed by atoms with Crippen molar-refractivity contribution in [2.24, 2.45) is 0 Å². The van der Waals surface area contributed by atoms with E-state index in [1.807, 2.05) is 26.0 Å². The number of benzene rings is 1. The van der Waals surface area contributed by atoms with E-state index in [1.165, 1.54) is 20.5 Å². The fraction of sp³-hybridized carbons (Fsp3) is 0.125. The first-order valence-corrected chi connectivity index (χ1v) is 6.61. The minimum Gasteiger partial charge on any atom is -0.135 e. The van der Waals surface area contributed by atoms with Crippen molar-refractivity contribution in [3.05, 3.63) is 60.0 Å². The van der Waals surface area contributed by atoms with Crippen LogP contribution >= 0.6 is 11.3 Å². The third-order valence-electron chi connectivity index (χ3n) is 2.25. The number of allylic oxidation sites excluding steroid dienone is 2. The highest BCUT2D eigenvalue weighted by molar-refractivity contribution is 7.20. The molecule has 1 heterocycles. The van der Waals surface area contributed by atoms with Gasteiger partial charge >= 0.3 is 0 Å². The number of thiophene rings is 1. The summed E-state index contributed by atoms with van der Waals surface area (Å²) in [7, 11) is 0. The molecular weight excluding hydrogens is 224 g/mol. The Labute approximate surface area is 108 Å². The van der Waals surface area contributed by atoms with Gasteiger partial charge in [0, 0.05) is 15.0 Å². The third kappa shape index (κ3) is 2.95.